The molecule has 0 aliphatic rings. The first kappa shape index (κ1) is 13.6. The van der Waals surface area contributed by atoms with Crippen LogP contribution in [0.25, 0.3) is 0 Å². The van der Waals surface area contributed by atoms with E-state index in [1.54, 1.807) is 18.4 Å². The van der Waals surface area contributed by atoms with Crippen LogP contribution in [-0.2, 0) is 16.6 Å². The number of unbranched alkanes of at least 4 members (excludes halogenated alkanes) is 1. The maximum atomic E-state index is 11.8. The zero-order chi connectivity index (χ0) is 12.2. The number of hydrogen-bond donors (Lipinski definition) is 0. The van der Waals surface area contributed by atoms with Crippen LogP contribution in [0.5, 0.6) is 0 Å². The molecule has 0 unspecified atom stereocenters. The van der Waals surface area contributed by atoms with Gasteiger partial charge < -0.3 is 0 Å². The van der Waals surface area contributed by atoms with E-state index >= 15 is 0 Å². The van der Waals surface area contributed by atoms with Crippen LogP contribution in [0.15, 0.2) is 5.38 Å². The molecular weight excluding hydrogens is 244 g/mol. The molecule has 0 radical (unpaired) electrons. The summed E-state index contributed by atoms with van der Waals surface area (Å²) >= 11 is 1.54. The first-order valence-corrected chi connectivity index (χ1v) is 7.79. The predicted molar refractivity (Wildman–Crippen MR) is 67.0 cm³/mol. The molecule has 4 nitrogen and oxygen atoms in total. The Kier molecular flexibility index (Phi) is 4.89. The van der Waals surface area contributed by atoms with Gasteiger partial charge in [-0.3, -0.25) is 0 Å². The lowest BCUT2D eigenvalue weighted by Crippen LogP contribution is -2.28. The van der Waals surface area contributed by atoms with Crippen LogP contribution in [-0.4, -0.2) is 30.5 Å². The normalized spacial score (nSPS) is 12.2. The second kappa shape index (κ2) is 5.75. The average Bonchev–Trinajstić information content (AvgIpc) is 2.61. The number of aromatic nitrogens is 1. The third-order valence-electron chi connectivity index (χ3n) is 2.28. The average molecular weight is 262 g/mol. The molecule has 92 valence electrons. The van der Waals surface area contributed by atoms with E-state index in [0.29, 0.717) is 13.0 Å². The fourth-order valence-electron chi connectivity index (χ4n) is 1.29. The summed E-state index contributed by atoms with van der Waals surface area (Å²) in [6.45, 7) is 4.27. The second-order valence-electron chi connectivity index (χ2n) is 3.78. The number of thiazole rings is 1. The molecule has 0 amide bonds. The summed E-state index contributed by atoms with van der Waals surface area (Å²) in [5.74, 6) is 0.225. The molecule has 1 heterocycles. The van der Waals surface area contributed by atoms with Crippen molar-refractivity contribution in [1.29, 1.82) is 0 Å². The van der Waals surface area contributed by atoms with Crippen molar-refractivity contribution in [3.63, 3.8) is 0 Å². The highest BCUT2D eigenvalue weighted by Gasteiger charge is 2.17. The Morgan fingerprint density at radius 2 is 2.19 bits per heavy atom. The molecule has 0 spiro atoms. The van der Waals surface area contributed by atoms with Crippen molar-refractivity contribution in [2.45, 2.75) is 33.2 Å². The Morgan fingerprint density at radius 1 is 1.50 bits per heavy atom. The number of aryl methyl sites for hydroxylation is 1. The standard InChI is InChI=1S/C10H18N2O2S2/c1-4-5-6-16(13,14)12(3)7-10-8-15-9(2)11-10/h8H,4-7H2,1-3H3. The summed E-state index contributed by atoms with van der Waals surface area (Å²) in [7, 11) is -1.50. The van der Waals surface area contributed by atoms with Gasteiger partial charge in [0.25, 0.3) is 0 Å². The van der Waals surface area contributed by atoms with Gasteiger partial charge in [0.05, 0.1) is 23.0 Å². The van der Waals surface area contributed by atoms with Gasteiger partial charge in [0, 0.05) is 12.4 Å². The summed E-state index contributed by atoms with van der Waals surface area (Å²) in [6, 6.07) is 0. The van der Waals surface area contributed by atoms with Crippen molar-refractivity contribution in [2.75, 3.05) is 12.8 Å². The van der Waals surface area contributed by atoms with E-state index in [2.05, 4.69) is 4.98 Å². The van der Waals surface area contributed by atoms with Crippen LogP contribution in [0.4, 0.5) is 0 Å². The largest absolute Gasteiger partial charge is 0.245 e. The molecule has 1 aromatic rings. The highest BCUT2D eigenvalue weighted by molar-refractivity contribution is 7.89. The highest BCUT2D eigenvalue weighted by atomic mass is 32.2. The zero-order valence-corrected chi connectivity index (χ0v) is 11.6. The van der Waals surface area contributed by atoms with Crippen LogP contribution in [0.3, 0.4) is 0 Å². The predicted octanol–water partition coefficient (Wildman–Crippen LogP) is 2.01. The van der Waals surface area contributed by atoms with E-state index in [9.17, 15) is 8.42 Å². The van der Waals surface area contributed by atoms with Gasteiger partial charge in [-0.1, -0.05) is 13.3 Å². The monoisotopic (exact) mass is 262 g/mol. The van der Waals surface area contributed by atoms with Crippen LogP contribution in [0, 0.1) is 6.92 Å². The molecule has 1 rings (SSSR count). The minimum Gasteiger partial charge on any atom is -0.245 e. The fourth-order valence-corrected chi connectivity index (χ4v) is 3.19. The third kappa shape index (κ3) is 3.84. The number of rotatable bonds is 6. The van der Waals surface area contributed by atoms with E-state index < -0.39 is 10.0 Å². The SMILES string of the molecule is CCCCS(=O)(=O)N(C)Cc1csc(C)n1. The summed E-state index contributed by atoms with van der Waals surface area (Å²) < 4.78 is 25.0. The van der Waals surface area contributed by atoms with E-state index in [-0.39, 0.29) is 5.75 Å². The molecule has 0 aromatic carbocycles. The van der Waals surface area contributed by atoms with Crippen LogP contribution in [0.2, 0.25) is 0 Å². The molecule has 6 heteroatoms. The Morgan fingerprint density at radius 3 is 2.69 bits per heavy atom. The summed E-state index contributed by atoms with van der Waals surface area (Å²) in [6.07, 6.45) is 1.60. The lowest BCUT2D eigenvalue weighted by molar-refractivity contribution is 0.461. The van der Waals surface area contributed by atoms with Crippen molar-refractivity contribution < 1.29 is 8.42 Å². The van der Waals surface area contributed by atoms with Crippen molar-refractivity contribution >= 4 is 21.4 Å². The highest BCUT2D eigenvalue weighted by Crippen LogP contribution is 2.12. The topological polar surface area (TPSA) is 50.3 Å². The van der Waals surface area contributed by atoms with Gasteiger partial charge in [-0.2, -0.15) is 4.31 Å². The van der Waals surface area contributed by atoms with Crippen molar-refractivity contribution in [3.8, 4) is 0 Å². The molecule has 0 atom stereocenters. The maximum absolute atomic E-state index is 11.8. The molecule has 0 aliphatic carbocycles. The Balaban J connectivity index is 2.61. The summed E-state index contributed by atoms with van der Waals surface area (Å²) in [4.78, 5) is 4.26. The zero-order valence-electron chi connectivity index (χ0n) is 9.93. The first-order chi connectivity index (χ1) is 7.45. The molecule has 16 heavy (non-hydrogen) atoms. The molecule has 0 bridgehead atoms. The summed E-state index contributed by atoms with van der Waals surface area (Å²) in [5.41, 5.74) is 0.824. The lowest BCUT2D eigenvalue weighted by atomic mass is 10.4. The minimum atomic E-state index is -3.11. The van der Waals surface area contributed by atoms with Crippen molar-refractivity contribution in [1.82, 2.24) is 9.29 Å². The van der Waals surface area contributed by atoms with Gasteiger partial charge in [-0.15, -0.1) is 11.3 Å². The second-order valence-corrected chi connectivity index (χ2v) is 7.04. The lowest BCUT2D eigenvalue weighted by Gasteiger charge is -2.15. The third-order valence-corrected chi connectivity index (χ3v) is 4.99. The fraction of sp³-hybridized carbons (Fsp3) is 0.700. The van der Waals surface area contributed by atoms with Gasteiger partial charge in [0.15, 0.2) is 0 Å². The molecular formula is C10H18N2O2S2. The van der Waals surface area contributed by atoms with Crippen molar-refractivity contribution in [2.24, 2.45) is 0 Å². The van der Waals surface area contributed by atoms with Crippen LogP contribution >= 0.6 is 11.3 Å². The molecule has 0 N–H and O–H groups in total. The van der Waals surface area contributed by atoms with E-state index in [4.69, 9.17) is 0 Å². The van der Waals surface area contributed by atoms with Gasteiger partial charge >= 0.3 is 0 Å². The molecule has 0 saturated heterocycles. The van der Waals surface area contributed by atoms with Gasteiger partial charge in [0.2, 0.25) is 10.0 Å². The van der Waals surface area contributed by atoms with Gasteiger partial charge in [-0.05, 0) is 13.3 Å². The van der Waals surface area contributed by atoms with Crippen LogP contribution < -0.4 is 0 Å². The molecule has 0 aliphatic heterocycles. The number of hydrogen-bond acceptors (Lipinski definition) is 4. The molecule has 1 aromatic heterocycles. The van der Waals surface area contributed by atoms with Crippen molar-refractivity contribution in [3.05, 3.63) is 16.1 Å². The quantitative estimate of drug-likeness (QED) is 0.788. The molecule has 0 saturated carbocycles. The summed E-state index contributed by atoms with van der Waals surface area (Å²) in [5, 5.41) is 2.87. The Hall–Kier alpha value is -0.460. The number of sulfonamides is 1. The van der Waals surface area contributed by atoms with E-state index in [1.165, 1.54) is 4.31 Å². The van der Waals surface area contributed by atoms with Crippen LogP contribution in [0.1, 0.15) is 30.5 Å². The smallest absolute Gasteiger partial charge is 0.214 e. The number of nitrogens with zero attached hydrogens (tertiary/aromatic N) is 2. The van der Waals surface area contributed by atoms with Gasteiger partial charge in [0.1, 0.15) is 0 Å². The maximum Gasteiger partial charge on any atom is 0.214 e. The first-order valence-electron chi connectivity index (χ1n) is 5.30. The Labute approximate surface area is 101 Å². The van der Waals surface area contributed by atoms with Gasteiger partial charge in [-0.25, -0.2) is 13.4 Å². The van der Waals surface area contributed by atoms with E-state index in [0.717, 1.165) is 17.1 Å². The Bertz CT molecular complexity index is 426. The minimum absolute atomic E-state index is 0.225. The van der Waals surface area contributed by atoms with E-state index in [1.807, 2.05) is 19.2 Å². The molecule has 0 fully saturated rings.